The molecule has 1 amide bonds. The molecule has 2 N–H and O–H groups in total. The third-order valence-corrected chi connectivity index (χ3v) is 4.86. The Morgan fingerprint density at radius 3 is 2.61 bits per heavy atom. The lowest BCUT2D eigenvalue weighted by Gasteiger charge is -2.06. The van der Waals surface area contributed by atoms with E-state index in [2.05, 4.69) is 20.5 Å². The van der Waals surface area contributed by atoms with Crippen LogP contribution in [-0.2, 0) is 17.8 Å². The Bertz CT molecular complexity index is 1330. The van der Waals surface area contributed by atoms with Crippen LogP contribution in [0.15, 0.2) is 82.7 Å². The molecule has 1 aromatic heterocycles. The highest BCUT2D eigenvalue weighted by Gasteiger charge is 2.07. The van der Waals surface area contributed by atoms with E-state index in [1.807, 2.05) is 12.1 Å². The summed E-state index contributed by atoms with van der Waals surface area (Å²) in [6.07, 6.45) is 1.81. The van der Waals surface area contributed by atoms with E-state index in [1.165, 1.54) is 18.3 Å². The van der Waals surface area contributed by atoms with Crippen LogP contribution in [0.2, 0.25) is 0 Å². The number of aryl methyl sites for hydroxylation is 1. The first-order valence-electron chi connectivity index (χ1n) is 10.3. The molecule has 0 bridgehead atoms. The monoisotopic (exact) mass is 444 g/mol. The van der Waals surface area contributed by atoms with E-state index in [0.717, 1.165) is 11.1 Å². The van der Waals surface area contributed by atoms with Gasteiger partial charge in [-0.3, -0.25) is 9.59 Å². The highest BCUT2D eigenvalue weighted by molar-refractivity contribution is 5.82. The molecule has 4 aromatic rings. The minimum atomic E-state index is -0.320. The lowest BCUT2D eigenvalue weighted by molar-refractivity contribution is -0.121. The van der Waals surface area contributed by atoms with E-state index in [9.17, 15) is 14.0 Å². The zero-order valence-electron chi connectivity index (χ0n) is 17.6. The summed E-state index contributed by atoms with van der Waals surface area (Å²) in [5.74, 6) is 0.0574. The molecule has 1 heterocycles. The fraction of sp³-hybridized carbons (Fsp3) is 0.120. The van der Waals surface area contributed by atoms with Gasteiger partial charge in [-0.05, 0) is 59.7 Å². The Balaban J connectivity index is 1.25. The number of fused-ring (bicyclic) bond motifs is 1. The standard InChI is InChI=1S/C25H21FN4O3/c26-19-9-5-18(6-10-19)16-33-20-11-7-17(8-12-20)15-27-30-24(31)14-13-23-25(32)29-22-4-2-1-3-21(22)28-23/h1-12,15H,13-14,16H2,(H,29,32)(H,30,31)/b27-15+. The maximum atomic E-state index is 12.9. The summed E-state index contributed by atoms with van der Waals surface area (Å²) in [6, 6.07) is 20.5. The first-order valence-corrected chi connectivity index (χ1v) is 10.3. The van der Waals surface area contributed by atoms with E-state index in [0.29, 0.717) is 29.1 Å². The van der Waals surface area contributed by atoms with Gasteiger partial charge in [0.15, 0.2) is 0 Å². The smallest absolute Gasteiger partial charge is 0.270 e. The number of hydrogen-bond donors (Lipinski definition) is 2. The van der Waals surface area contributed by atoms with E-state index >= 15 is 0 Å². The fourth-order valence-electron chi connectivity index (χ4n) is 3.10. The number of nitrogens with one attached hydrogen (secondary N) is 2. The summed E-state index contributed by atoms with van der Waals surface area (Å²) in [4.78, 5) is 31.3. The average molecular weight is 444 g/mol. The van der Waals surface area contributed by atoms with Gasteiger partial charge in [0.1, 0.15) is 23.9 Å². The highest BCUT2D eigenvalue weighted by atomic mass is 19.1. The number of carbonyl (C=O) groups excluding carboxylic acids is 1. The maximum absolute atomic E-state index is 12.9. The van der Waals surface area contributed by atoms with Crippen LogP contribution in [0.25, 0.3) is 11.0 Å². The third kappa shape index (κ3) is 6.10. The predicted octanol–water partition coefficient (Wildman–Crippen LogP) is 3.72. The third-order valence-electron chi connectivity index (χ3n) is 4.86. The van der Waals surface area contributed by atoms with Gasteiger partial charge >= 0.3 is 0 Å². The van der Waals surface area contributed by atoms with Crippen LogP contribution in [-0.4, -0.2) is 22.1 Å². The molecule has 0 saturated carbocycles. The van der Waals surface area contributed by atoms with Gasteiger partial charge in [-0.25, -0.2) is 14.8 Å². The van der Waals surface area contributed by atoms with Crippen LogP contribution in [0, 0.1) is 5.82 Å². The number of nitrogens with zero attached hydrogens (tertiary/aromatic N) is 2. The SMILES string of the molecule is O=C(CCc1nc2ccccc2[nH]c1=O)N/N=C/c1ccc(OCc2ccc(F)cc2)cc1. The second-order valence-corrected chi connectivity index (χ2v) is 7.31. The zero-order valence-corrected chi connectivity index (χ0v) is 17.6. The molecule has 0 fully saturated rings. The molecule has 0 aliphatic rings. The number of halogens is 1. The molecular formula is C25H21FN4O3. The summed E-state index contributed by atoms with van der Waals surface area (Å²) in [5.41, 5.74) is 5.44. The Labute approximate surface area is 189 Å². The zero-order chi connectivity index (χ0) is 23.0. The van der Waals surface area contributed by atoms with Crippen molar-refractivity contribution >= 4 is 23.2 Å². The van der Waals surface area contributed by atoms with Crippen molar-refractivity contribution < 1.29 is 13.9 Å². The van der Waals surface area contributed by atoms with Crippen molar-refractivity contribution in [3.8, 4) is 5.75 Å². The van der Waals surface area contributed by atoms with Crippen LogP contribution in [0.4, 0.5) is 4.39 Å². The molecular weight excluding hydrogens is 423 g/mol. The van der Waals surface area contributed by atoms with Gasteiger partial charge in [0.05, 0.1) is 17.2 Å². The Morgan fingerprint density at radius 1 is 1.06 bits per heavy atom. The molecule has 7 nitrogen and oxygen atoms in total. The average Bonchev–Trinajstić information content (AvgIpc) is 2.83. The Hall–Kier alpha value is -4.33. The minimum Gasteiger partial charge on any atom is -0.489 e. The Kier molecular flexibility index (Phi) is 6.84. The van der Waals surface area contributed by atoms with Crippen LogP contribution >= 0.6 is 0 Å². The molecule has 3 aromatic carbocycles. The number of ether oxygens (including phenoxy) is 1. The number of aromatic nitrogens is 2. The molecule has 0 unspecified atom stereocenters. The van der Waals surface area contributed by atoms with Gasteiger partial charge in [-0.15, -0.1) is 0 Å². The maximum Gasteiger partial charge on any atom is 0.270 e. The number of carbonyl (C=O) groups is 1. The topological polar surface area (TPSA) is 96.4 Å². The lowest BCUT2D eigenvalue weighted by atomic mass is 10.2. The highest BCUT2D eigenvalue weighted by Crippen LogP contribution is 2.14. The van der Waals surface area contributed by atoms with Crippen molar-refractivity contribution in [2.24, 2.45) is 5.10 Å². The summed E-state index contributed by atoms with van der Waals surface area (Å²) in [6.45, 7) is 0.332. The van der Waals surface area contributed by atoms with Crippen molar-refractivity contribution in [3.05, 3.63) is 106 Å². The minimum absolute atomic E-state index is 0.0852. The fourth-order valence-corrected chi connectivity index (χ4v) is 3.10. The van der Waals surface area contributed by atoms with E-state index < -0.39 is 0 Å². The quantitative estimate of drug-likeness (QED) is 0.320. The van der Waals surface area contributed by atoms with Crippen LogP contribution in [0.1, 0.15) is 23.2 Å². The van der Waals surface area contributed by atoms with Gasteiger partial charge in [-0.2, -0.15) is 5.10 Å². The van der Waals surface area contributed by atoms with Crippen LogP contribution < -0.4 is 15.7 Å². The Morgan fingerprint density at radius 2 is 1.82 bits per heavy atom. The molecule has 8 heteroatoms. The van der Waals surface area contributed by atoms with Crippen LogP contribution in [0.3, 0.4) is 0 Å². The molecule has 166 valence electrons. The number of aromatic amines is 1. The lowest BCUT2D eigenvalue weighted by Crippen LogP contribution is -2.21. The predicted molar refractivity (Wildman–Crippen MR) is 124 cm³/mol. The second kappa shape index (κ2) is 10.3. The van der Waals surface area contributed by atoms with E-state index in [-0.39, 0.29) is 30.1 Å². The number of H-pyrrole nitrogens is 1. The van der Waals surface area contributed by atoms with Crippen molar-refractivity contribution in [1.29, 1.82) is 0 Å². The molecule has 4 rings (SSSR count). The molecule has 0 atom stereocenters. The summed E-state index contributed by atoms with van der Waals surface area (Å²) >= 11 is 0. The number of benzene rings is 3. The van der Waals surface area contributed by atoms with Gasteiger partial charge in [0.2, 0.25) is 5.91 Å². The molecule has 0 aliphatic heterocycles. The summed E-state index contributed by atoms with van der Waals surface area (Å²) < 4.78 is 18.6. The molecule has 33 heavy (non-hydrogen) atoms. The van der Waals surface area contributed by atoms with Crippen molar-refractivity contribution in [2.45, 2.75) is 19.4 Å². The first kappa shape index (κ1) is 21.9. The molecule has 0 radical (unpaired) electrons. The normalized spacial score (nSPS) is 11.1. The number of hydrogen-bond acceptors (Lipinski definition) is 5. The molecule has 0 saturated heterocycles. The number of amides is 1. The van der Waals surface area contributed by atoms with Gasteiger partial charge in [0, 0.05) is 12.8 Å². The molecule has 0 spiro atoms. The summed E-state index contributed by atoms with van der Waals surface area (Å²) in [7, 11) is 0. The van der Waals surface area contributed by atoms with Gasteiger partial charge in [-0.1, -0.05) is 24.3 Å². The number of para-hydroxylation sites is 2. The van der Waals surface area contributed by atoms with Crippen molar-refractivity contribution in [1.82, 2.24) is 15.4 Å². The van der Waals surface area contributed by atoms with E-state index in [1.54, 1.807) is 48.5 Å². The number of rotatable bonds is 8. The van der Waals surface area contributed by atoms with Crippen molar-refractivity contribution in [3.63, 3.8) is 0 Å². The van der Waals surface area contributed by atoms with Gasteiger partial charge in [0.25, 0.3) is 5.56 Å². The molecule has 0 aliphatic carbocycles. The van der Waals surface area contributed by atoms with Crippen molar-refractivity contribution in [2.75, 3.05) is 0 Å². The number of hydrazone groups is 1. The summed E-state index contributed by atoms with van der Waals surface area (Å²) in [5, 5.41) is 3.95. The first-order chi connectivity index (χ1) is 16.1. The van der Waals surface area contributed by atoms with E-state index in [4.69, 9.17) is 4.74 Å². The van der Waals surface area contributed by atoms with Crippen LogP contribution in [0.5, 0.6) is 5.75 Å². The largest absolute Gasteiger partial charge is 0.489 e. The second-order valence-electron chi connectivity index (χ2n) is 7.31. The van der Waals surface area contributed by atoms with Gasteiger partial charge < -0.3 is 9.72 Å².